The number of likely N-dealkylation sites (N-methyl/N-ethyl adjacent to an activating group) is 1. The minimum atomic E-state index is -3.81. The van der Waals surface area contributed by atoms with Crippen LogP contribution in [0, 0.1) is 5.92 Å². The number of fused-ring (bicyclic) bond motifs is 3. The van der Waals surface area contributed by atoms with E-state index in [-0.39, 0.29) is 6.04 Å². The Kier molecular flexibility index (Phi) is 4.00. The average Bonchev–Trinajstić information content (AvgIpc) is 3.31. The van der Waals surface area contributed by atoms with Crippen LogP contribution >= 0.6 is 0 Å². The Morgan fingerprint density at radius 1 is 1.04 bits per heavy atom. The molecule has 0 spiro atoms. The molecule has 2 atom stereocenters. The molecule has 2 aliphatic carbocycles. The fourth-order valence-corrected chi connectivity index (χ4v) is 6.50. The SMILES string of the molecule is CN1C[C@@H]2CN(S(=O)(=O)NC(=O)Nc3c4c(cc5c3CCC5)CCC4)C[C@@H]21. The normalized spacial score (nSPS) is 27.0. The number of hydrogen-bond donors (Lipinski definition) is 2. The minimum absolute atomic E-state index is 0.283. The molecule has 2 amide bonds. The Hall–Kier alpha value is -1.64. The third kappa shape index (κ3) is 2.85. The van der Waals surface area contributed by atoms with E-state index in [2.05, 4.69) is 21.0 Å². The van der Waals surface area contributed by atoms with Gasteiger partial charge in [-0.25, -0.2) is 9.52 Å². The maximum Gasteiger partial charge on any atom is 0.333 e. The van der Waals surface area contributed by atoms with Gasteiger partial charge in [0.2, 0.25) is 0 Å². The largest absolute Gasteiger partial charge is 0.333 e. The first-order valence-electron chi connectivity index (χ1n) is 9.88. The van der Waals surface area contributed by atoms with Gasteiger partial charge < -0.3 is 10.2 Å². The third-order valence-electron chi connectivity index (χ3n) is 6.73. The van der Waals surface area contributed by atoms with E-state index in [0.717, 1.165) is 50.8 Å². The smallest absolute Gasteiger partial charge is 0.307 e. The standard InChI is InChI=1S/C19H26N4O3S/c1-22-9-14-10-23(11-17(14)22)27(25,26)21-19(24)20-18-15-6-2-4-12(15)8-13-5-3-7-16(13)18/h8,14,17H,2-7,9-11H2,1H3,(H2,20,21,24)/t14-,17+/m1/s1. The molecule has 2 N–H and O–H groups in total. The van der Waals surface area contributed by atoms with Crippen molar-refractivity contribution < 1.29 is 13.2 Å². The van der Waals surface area contributed by atoms with Gasteiger partial charge in [-0.3, -0.25) is 0 Å². The van der Waals surface area contributed by atoms with Gasteiger partial charge in [0.05, 0.1) is 0 Å². The minimum Gasteiger partial charge on any atom is -0.307 e. The van der Waals surface area contributed by atoms with Crippen LogP contribution in [0.4, 0.5) is 10.5 Å². The van der Waals surface area contributed by atoms with Crippen LogP contribution in [0.15, 0.2) is 6.07 Å². The number of carbonyl (C=O) groups excluding carboxylic acids is 1. The summed E-state index contributed by atoms with van der Waals surface area (Å²) in [5.41, 5.74) is 5.89. The summed E-state index contributed by atoms with van der Waals surface area (Å²) in [4.78, 5) is 14.8. The van der Waals surface area contributed by atoms with E-state index in [1.807, 2.05) is 7.05 Å². The molecule has 0 bridgehead atoms. The van der Waals surface area contributed by atoms with Gasteiger partial charge in [-0.05, 0) is 67.8 Å². The summed E-state index contributed by atoms with van der Waals surface area (Å²) in [6.07, 6.45) is 6.18. The molecule has 2 aliphatic heterocycles. The van der Waals surface area contributed by atoms with Crippen molar-refractivity contribution in [3.05, 3.63) is 28.3 Å². The molecule has 2 fully saturated rings. The lowest BCUT2D eigenvalue weighted by atomic mass is 9.93. The number of urea groups is 1. The molecule has 8 heteroatoms. The van der Waals surface area contributed by atoms with Gasteiger partial charge in [0.1, 0.15) is 0 Å². The highest BCUT2D eigenvalue weighted by molar-refractivity contribution is 7.87. The summed E-state index contributed by atoms with van der Waals surface area (Å²) in [5.74, 6) is 0.385. The second kappa shape index (κ2) is 6.18. The zero-order valence-electron chi connectivity index (χ0n) is 15.6. The Morgan fingerprint density at radius 3 is 2.30 bits per heavy atom. The van der Waals surface area contributed by atoms with Crippen molar-refractivity contribution in [3.8, 4) is 0 Å². The lowest BCUT2D eigenvalue weighted by Gasteiger charge is -2.40. The summed E-state index contributed by atoms with van der Waals surface area (Å²) in [6, 6.07) is 1.93. The van der Waals surface area contributed by atoms with Gasteiger partial charge in [0.25, 0.3) is 0 Å². The highest BCUT2D eigenvalue weighted by Crippen LogP contribution is 2.38. The monoisotopic (exact) mass is 390 g/mol. The number of benzene rings is 1. The molecule has 0 unspecified atom stereocenters. The zero-order chi connectivity index (χ0) is 18.8. The number of hydrogen-bond acceptors (Lipinski definition) is 4. The Balaban J connectivity index is 1.33. The molecule has 2 heterocycles. The highest BCUT2D eigenvalue weighted by atomic mass is 32.2. The predicted molar refractivity (Wildman–Crippen MR) is 103 cm³/mol. The second-order valence-electron chi connectivity index (χ2n) is 8.38. The van der Waals surface area contributed by atoms with Gasteiger partial charge in [-0.2, -0.15) is 12.7 Å². The van der Waals surface area contributed by atoms with E-state index in [1.54, 1.807) is 0 Å². The van der Waals surface area contributed by atoms with Crippen molar-refractivity contribution in [3.63, 3.8) is 0 Å². The quantitative estimate of drug-likeness (QED) is 0.815. The van der Waals surface area contributed by atoms with E-state index in [4.69, 9.17) is 0 Å². The van der Waals surface area contributed by atoms with Crippen molar-refractivity contribution in [2.75, 3.05) is 32.0 Å². The molecule has 146 valence electrons. The summed E-state index contributed by atoms with van der Waals surface area (Å²) in [7, 11) is -1.80. The zero-order valence-corrected chi connectivity index (χ0v) is 16.4. The highest BCUT2D eigenvalue weighted by Gasteiger charge is 2.47. The van der Waals surface area contributed by atoms with Crippen LogP contribution in [-0.2, 0) is 35.9 Å². The van der Waals surface area contributed by atoms with Crippen molar-refractivity contribution in [1.29, 1.82) is 0 Å². The van der Waals surface area contributed by atoms with Crippen LogP contribution in [0.1, 0.15) is 35.1 Å². The number of nitrogens with zero attached hydrogens (tertiary/aromatic N) is 2. The first-order valence-corrected chi connectivity index (χ1v) is 11.3. The molecular formula is C19H26N4O3S. The lowest BCUT2D eigenvalue weighted by Crippen LogP contribution is -2.53. The van der Waals surface area contributed by atoms with Gasteiger partial charge in [0, 0.05) is 37.3 Å². The third-order valence-corrected chi connectivity index (χ3v) is 8.16. The number of amides is 2. The average molecular weight is 391 g/mol. The van der Waals surface area contributed by atoms with Crippen LogP contribution in [-0.4, -0.2) is 56.4 Å². The van der Waals surface area contributed by atoms with Gasteiger partial charge in [-0.15, -0.1) is 0 Å². The van der Waals surface area contributed by atoms with E-state index >= 15 is 0 Å². The number of aryl methyl sites for hydroxylation is 2. The van der Waals surface area contributed by atoms with E-state index in [9.17, 15) is 13.2 Å². The number of anilines is 1. The van der Waals surface area contributed by atoms with Crippen LogP contribution < -0.4 is 10.0 Å². The Bertz CT molecular complexity index is 882. The lowest BCUT2D eigenvalue weighted by molar-refractivity contribution is 0.0826. The Labute approximate surface area is 160 Å². The molecular weight excluding hydrogens is 364 g/mol. The van der Waals surface area contributed by atoms with Gasteiger partial charge >= 0.3 is 16.2 Å². The summed E-state index contributed by atoms with van der Waals surface area (Å²) >= 11 is 0. The topological polar surface area (TPSA) is 81.8 Å². The van der Waals surface area contributed by atoms with Crippen LogP contribution in [0.5, 0.6) is 0 Å². The van der Waals surface area contributed by atoms with Crippen LogP contribution in [0.2, 0.25) is 0 Å². The molecule has 7 nitrogen and oxygen atoms in total. The summed E-state index contributed by atoms with van der Waals surface area (Å²) in [6.45, 7) is 1.87. The molecule has 2 saturated heterocycles. The van der Waals surface area contributed by atoms with Crippen molar-refractivity contribution in [2.45, 2.75) is 44.6 Å². The number of likely N-dealkylation sites (tertiary alicyclic amines) is 1. The number of carbonyl (C=O) groups is 1. The second-order valence-corrected chi connectivity index (χ2v) is 10.0. The Morgan fingerprint density at radius 2 is 1.70 bits per heavy atom. The predicted octanol–water partition coefficient (Wildman–Crippen LogP) is 1.28. The fraction of sp³-hybridized carbons (Fsp3) is 0.632. The molecule has 1 aromatic rings. The van der Waals surface area contributed by atoms with E-state index < -0.39 is 16.2 Å². The first kappa shape index (κ1) is 17.5. The number of rotatable bonds is 3. The van der Waals surface area contributed by atoms with Crippen LogP contribution in [0.3, 0.4) is 0 Å². The summed E-state index contributed by atoms with van der Waals surface area (Å²) in [5, 5.41) is 2.90. The van der Waals surface area contributed by atoms with E-state index in [0.29, 0.717) is 19.0 Å². The molecule has 5 rings (SSSR count). The van der Waals surface area contributed by atoms with Crippen molar-refractivity contribution in [2.24, 2.45) is 5.92 Å². The van der Waals surface area contributed by atoms with Crippen molar-refractivity contribution in [1.82, 2.24) is 13.9 Å². The molecule has 0 aromatic heterocycles. The first-order chi connectivity index (χ1) is 12.9. The van der Waals surface area contributed by atoms with E-state index in [1.165, 1.54) is 26.6 Å². The maximum atomic E-state index is 12.7. The van der Waals surface area contributed by atoms with Crippen molar-refractivity contribution >= 4 is 21.9 Å². The summed E-state index contributed by atoms with van der Waals surface area (Å²) < 4.78 is 29.0. The number of nitrogens with one attached hydrogen (secondary N) is 2. The molecule has 4 aliphatic rings. The van der Waals surface area contributed by atoms with Crippen LogP contribution in [0.25, 0.3) is 0 Å². The molecule has 27 heavy (non-hydrogen) atoms. The molecule has 0 saturated carbocycles. The fourth-order valence-electron chi connectivity index (χ4n) is 5.35. The molecule has 0 radical (unpaired) electrons. The molecule has 1 aromatic carbocycles. The maximum absolute atomic E-state index is 12.7. The van der Waals surface area contributed by atoms with Gasteiger partial charge in [0.15, 0.2) is 0 Å². The van der Waals surface area contributed by atoms with Gasteiger partial charge in [-0.1, -0.05) is 6.07 Å².